The molecule has 0 aliphatic carbocycles. The number of alkyl halides is 3. The first-order valence-electron chi connectivity index (χ1n) is 19.7. The van der Waals surface area contributed by atoms with E-state index in [-0.39, 0.29) is 34.5 Å². The van der Waals surface area contributed by atoms with Crippen molar-refractivity contribution < 1.29 is 31.9 Å². The minimum absolute atomic E-state index is 0.0728. The van der Waals surface area contributed by atoms with Crippen molar-refractivity contribution in [3.8, 4) is 28.8 Å². The Hall–Kier alpha value is -6.88. The summed E-state index contributed by atoms with van der Waals surface area (Å²) in [6, 6.07) is 11.8. The molecule has 20 heteroatoms. The van der Waals surface area contributed by atoms with Crippen molar-refractivity contribution >= 4 is 58.1 Å². The summed E-state index contributed by atoms with van der Waals surface area (Å²) in [6.45, 7) is 8.31. The van der Waals surface area contributed by atoms with Crippen LogP contribution in [0.4, 0.5) is 40.6 Å². The lowest BCUT2D eigenvalue weighted by atomic mass is 10.0. The van der Waals surface area contributed by atoms with Gasteiger partial charge in [0.1, 0.15) is 23.4 Å². The monoisotopic (exact) mass is 868 g/mol. The number of hydrogen-bond acceptors (Lipinski definition) is 11. The number of aryl methyl sites for hydroxylation is 2. The van der Waals surface area contributed by atoms with Crippen LogP contribution in [0.2, 0.25) is 0 Å². The third kappa shape index (κ3) is 8.39. The first-order valence-corrected chi connectivity index (χ1v) is 20.1. The highest BCUT2D eigenvalue weighted by molar-refractivity contribution is 7.81. The maximum Gasteiger partial charge on any atom is 0.417 e. The van der Waals surface area contributed by atoms with E-state index in [9.17, 15) is 32.8 Å². The average molecular weight is 869 g/mol. The number of nitrogens with zero attached hydrogens (tertiary/aromatic N) is 10. The van der Waals surface area contributed by atoms with Gasteiger partial charge in [-0.15, -0.1) is 5.10 Å². The number of carbonyl (C=O) groups excluding carboxylic acids is 3. The maximum atomic E-state index is 15.4. The summed E-state index contributed by atoms with van der Waals surface area (Å²) in [5.41, 5.74) is -0.895. The molecule has 0 unspecified atom stereocenters. The molecule has 62 heavy (non-hydrogen) atoms. The van der Waals surface area contributed by atoms with Gasteiger partial charge in [0.05, 0.1) is 46.9 Å². The van der Waals surface area contributed by atoms with E-state index < -0.39 is 40.5 Å². The van der Waals surface area contributed by atoms with Crippen LogP contribution in [0.15, 0.2) is 61.1 Å². The molecule has 2 aromatic carbocycles. The van der Waals surface area contributed by atoms with Crippen LogP contribution in [0.25, 0.3) is 22.8 Å². The van der Waals surface area contributed by atoms with E-state index in [2.05, 4.69) is 25.7 Å². The minimum atomic E-state index is -4.86. The van der Waals surface area contributed by atoms with Crippen molar-refractivity contribution in [3.05, 3.63) is 89.3 Å². The van der Waals surface area contributed by atoms with Crippen LogP contribution in [0.1, 0.15) is 73.6 Å². The number of aromatic nitrogens is 6. The Morgan fingerprint density at radius 2 is 1.76 bits per heavy atom. The predicted molar refractivity (Wildman–Crippen MR) is 226 cm³/mol. The lowest BCUT2D eigenvalue weighted by molar-refractivity contribution is -0.137. The first kappa shape index (κ1) is 43.2. The summed E-state index contributed by atoms with van der Waals surface area (Å²) in [5.74, 6) is -0.726. The number of pyridine rings is 1. The fraction of sp³-hybridized carbons (Fsp3) is 0.333. The van der Waals surface area contributed by atoms with Gasteiger partial charge in [-0.2, -0.15) is 18.4 Å². The number of thiocarbonyl (C=S) groups is 1. The number of unbranched alkanes of at least 4 members (excludes halogenated alkanes) is 3. The Morgan fingerprint density at radius 1 is 1.00 bits per heavy atom. The summed E-state index contributed by atoms with van der Waals surface area (Å²) in [4.78, 5) is 60.9. The van der Waals surface area contributed by atoms with Gasteiger partial charge in [-0.25, -0.2) is 24.3 Å². The van der Waals surface area contributed by atoms with Gasteiger partial charge in [-0.1, -0.05) is 12.8 Å². The summed E-state index contributed by atoms with van der Waals surface area (Å²) >= 11 is 5.53. The molecule has 0 atom stereocenters. The van der Waals surface area contributed by atoms with Crippen molar-refractivity contribution in [3.63, 3.8) is 0 Å². The van der Waals surface area contributed by atoms with Crippen molar-refractivity contribution in [2.45, 2.75) is 71.6 Å². The van der Waals surface area contributed by atoms with E-state index in [1.165, 1.54) is 43.0 Å². The zero-order chi connectivity index (χ0) is 44.5. The molecule has 2 aliphatic heterocycles. The van der Waals surface area contributed by atoms with Gasteiger partial charge >= 0.3 is 6.18 Å². The molecule has 0 bridgehead atoms. The number of carbonyl (C=O) groups is 3. The molecular formula is C42H40F4N12O3S. The molecule has 0 radical (unpaired) electrons. The van der Waals surface area contributed by atoms with Crippen LogP contribution < -0.4 is 25.3 Å². The van der Waals surface area contributed by atoms with E-state index in [0.29, 0.717) is 66.7 Å². The van der Waals surface area contributed by atoms with E-state index in [1.807, 2.05) is 26.0 Å². The third-order valence-corrected chi connectivity index (χ3v) is 10.9. The Kier molecular flexibility index (Phi) is 12.0. The van der Waals surface area contributed by atoms with Gasteiger partial charge in [-0.3, -0.25) is 28.9 Å². The van der Waals surface area contributed by atoms with Crippen LogP contribution in [-0.2, 0) is 22.3 Å². The number of halogens is 4. The summed E-state index contributed by atoms with van der Waals surface area (Å²) in [5, 5.41) is 19.3. The second-order valence-electron chi connectivity index (χ2n) is 15.1. The van der Waals surface area contributed by atoms with Crippen LogP contribution in [0.5, 0.6) is 0 Å². The zero-order valence-electron chi connectivity index (χ0n) is 34.0. The summed E-state index contributed by atoms with van der Waals surface area (Å²) < 4.78 is 58.3. The second-order valence-corrected chi connectivity index (χ2v) is 15.4. The Morgan fingerprint density at radius 3 is 2.47 bits per heavy atom. The molecule has 320 valence electrons. The van der Waals surface area contributed by atoms with Gasteiger partial charge in [0.15, 0.2) is 22.6 Å². The number of benzene rings is 2. The third-order valence-electron chi connectivity index (χ3n) is 10.6. The molecule has 0 saturated carbocycles. The Bertz CT molecular complexity index is 2640. The number of nitrogens with one attached hydrogen (secondary N) is 2. The minimum Gasteiger partial charge on any atom is -0.358 e. The van der Waals surface area contributed by atoms with Gasteiger partial charge < -0.3 is 15.5 Å². The molecule has 3 aromatic heterocycles. The van der Waals surface area contributed by atoms with Crippen molar-refractivity contribution in [1.29, 1.82) is 5.26 Å². The molecule has 2 N–H and O–H groups in total. The fourth-order valence-electron chi connectivity index (χ4n) is 7.33. The van der Waals surface area contributed by atoms with Crippen LogP contribution in [0, 0.1) is 24.1 Å². The smallest absolute Gasteiger partial charge is 0.358 e. The van der Waals surface area contributed by atoms with Crippen molar-refractivity contribution in [1.82, 2.24) is 35.0 Å². The first-order chi connectivity index (χ1) is 29.5. The lowest BCUT2D eigenvalue weighted by Crippen LogP contribution is -2.44. The van der Waals surface area contributed by atoms with E-state index in [0.717, 1.165) is 41.9 Å². The number of rotatable bonds is 13. The SMILES string of the molecule is CCN1C(=O)CNc2ncc(-c3ccc(-c4ncn(CCCCCCNC(=O)c5ccc(N6C(=S)N(c7ccc(C#N)c(C(F)(F)F)c7)C(=O)C6(C)C)cc5F)n4)nc3C)nc21. The molecule has 1 saturated heterocycles. The topological polar surface area (TPSA) is 178 Å². The molecule has 15 nitrogen and oxygen atoms in total. The highest BCUT2D eigenvalue weighted by Gasteiger charge is 2.51. The van der Waals surface area contributed by atoms with Crippen molar-refractivity contribution in [2.75, 3.05) is 39.7 Å². The molecule has 5 aromatic rings. The highest BCUT2D eigenvalue weighted by Crippen LogP contribution is 2.40. The molecule has 5 heterocycles. The summed E-state index contributed by atoms with van der Waals surface area (Å²) in [6.07, 6.45) is 1.49. The molecule has 2 aliphatic rings. The molecule has 0 spiro atoms. The number of hydrogen-bond donors (Lipinski definition) is 2. The fourth-order valence-corrected chi connectivity index (χ4v) is 7.86. The standard InChI is InChI=1S/C42H40F4N12O3S/c1-5-56-34(59)22-50-36-37(56)53-33(21-49-36)28-14-15-32(52-24(28)2)35-51-23-55(54-35)17-9-7-6-8-16-48-38(60)29-13-12-27(19-31(29)43)58-40(62)57(39(61)41(58,3)4)26-11-10-25(20-47)30(18-26)42(44,45)46/h10-15,18-19,21,23H,5-9,16-17,22H2,1-4H3,(H,48,60)(H,49,50). The van der Waals surface area contributed by atoms with Crippen LogP contribution in [0.3, 0.4) is 0 Å². The predicted octanol–water partition coefficient (Wildman–Crippen LogP) is 6.82. The molecular weight excluding hydrogens is 829 g/mol. The van der Waals surface area contributed by atoms with Crippen molar-refractivity contribution in [2.24, 2.45) is 0 Å². The van der Waals surface area contributed by atoms with E-state index >= 15 is 4.39 Å². The summed E-state index contributed by atoms with van der Waals surface area (Å²) in [7, 11) is 0. The zero-order valence-corrected chi connectivity index (χ0v) is 34.9. The largest absolute Gasteiger partial charge is 0.417 e. The number of amides is 3. The highest BCUT2D eigenvalue weighted by atomic mass is 32.1. The number of fused-ring (bicyclic) bond motifs is 1. The quantitative estimate of drug-likeness (QED) is 0.0718. The van der Waals surface area contributed by atoms with E-state index in [1.54, 1.807) is 22.1 Å². The van der Waals surface area contributed by atoms with Gasteiger partial charge in [0, 0.05) is 36.6 Å². The molecule has 7 rings (SSSR count). The number of nitriles is 1. The molecule has 3 amide bonds. The second kappa shape index (κ2) is 17.2. The molecule has 1 fully saturated rings. The Labute approximate surface area is 358 Å². The van der Waals surface area contributed by atoms with Gasteiger partial charge in [0.2, 0.25) is 5.91 Å². The lowest BCUT2D eigenvalue weighted by Gasteiger charge is -2.29. The number of anilines is 4. The normalized spacial score (nSPS) is 14.8. The van der Waals surface area contributed by atoms with Gasteiger partial charge in [-0.05, 0) is 101 Å². The van der Waals surface area contributed by atoms with Gasteiger partial charge in [0.25, 0.3) is 11.8 Å². The van der Waals surface area contributed by atoms with E-state index in [4.69, 9.17) is 22.2 Å². The number of likely N-dealkylation sites (N-methyl/N-ethyl adjacent to an activating group) is 1. The maximum absolute atomic E-state index is 15.4. The van der Waals surface area contributed by atoms with Crippen LogP contribution >= 0.6 is 12.2 Å². The Balaban J connectivity index is 0.885. The van der Waals surface area contributed by atoms with Crippen LogP contribution in [-0.4, -0.2) is 77.7 Å². The average Bonchev–Trinajstić information content (AvgIpc) is 3.78.